The number of imidazole rings is 1. The predicted octanol–water partition coefficient (Wildman–Crippen LogP) is 1.82. The van der Waals surface area contributed by atoms with Gasteiger partial charge >= 0.3 is 0 Å². The van der Waals surface area contributed by atoms with E-state index in [9.17, 15) is 9.90 Å². The number of fused-ring (bicyclic) bond motifs is 1. The molecule has 1 unspecified atom stereocenters. The number of amides is 1. The van der Waals surface area contributed by atoms with E-state index in [1.807, 2.05) is 30.6 Å². The third-order valence-electron chi connectivity index (χ3n) is 3.74. The predicted molar refractivity (Wildman–Crippen MR) is 88.7 cm³/mol. The number of hydrogen-bond acceptors (Lipinski definition) is 5. The molecule has 1 amide bonds. The average Bonchev–Trinajstić information content (AvgIpc) is 3.11. The minimum Gasteiger partial charge on any atom is -0.394 e. The van der Waals surface area contributed by atoms with Gasteiger partial charge in [0.1, 0.15) is 5.69 Å². The highest BCUT2D eigenvalue weighted by Gasteiger charge is 2.20. The van der Waals surface area contributed by atoms with Crippen molar-refractivity contribution in [3.63, 3.8) is 0 Å². The second-order valence-electron chi connectivity index (χ2n) is 5.35. The third kappa shape index (κ3) is 3.40. The minimum atomic E-state index is -0.292. The van der Waals surface area contributed by atoms with Crippen LogP contribution >= 0.6 is 11.3 Å². The topological polar surface area (TPSA) is 79.5 Å². The van der Waals surface area contributed by atoms with Crippen molar-refractivity contribution in [1.29, 1.82) is 0 Å². The lowest BCUT2D eigenvalue weighted by Gasteiger charge is -2.16. The van der Waals surface area contributed by atoms with Crippen LogP contribution in [0.5, 0.6) is 0 Å². The number of pyridine rings is 1. The van der Waals surface area contributed by atoms with Crippen LogP contribution in [0.1, 0.15) is 28.2 Å². The lowest BCUT2D eigenvalue weighted by atomic mass is 10.1. The fourth-order valence-electron chi connectivity index (χ4n) is 2.52. The van der Waals surface area contributed by atoms with Crippen LogP contribution in [0.15, 0.2) is 36.1 Å². The van der Waals surface area contributed by atoms with Crippen LogP contribution < -0.4 is 5.32 Å². The molecule has 0 aliphatic heterocycles. The van der Waals surface area contributed by atoms with Crippen LogP contribution in [0.3, 0.4) is 0 Å². The van der Waals surface area contributed by atoms with Crippen molar-refractivity contribution in [2.24, 2.45) is 0 Å². The highest BCUT2D eigenvalue weighted by atomic mass is 32.1. The molecule has 6 nitrogen and oxygen atoms in total. The van der Waals surface area contributed by atoms with Crippen LogP contribution in [-0.4, -0.2) is 38.0 Å². The fourth-order valence-corrected chi connectivity index (χ4v) is 3.28. The molecule has 120 valence electrons. The highest BCUT2D eigenvalue weighted by molar-refractivity contribution is 7.15. The summed E-state index contributed by atoms with van der Waals surface area (Å²) >= 11 is 1.49. The normalized spacial score (nSPS) is 12.4. The van der Waals surface area contributed by atoms with Gasteiger partial charge in [0.15, 0.2) is 4.96 Å². The zero-order valence-electron chi connectivity index (χ0n) is 12.8. The zero-order valence-corrected chi connectivity index (χ0v) is 13.6. The summed E-state index contributed by atoms with van der Waals surface area (Å²) in [5, 5.41) is 14.3. The van der Waals surface area contributed by atoms with Gasteiger partial charge in [0.2, 0.25) is 0 Å². The summed E-state index contributed by atoms with van der Waals surface area (Å²) in [6.45, 7) is 1.72. The highest BCUT2D eigenvalue weighted by Crippen LogP contribution is 2.17. The van der Waals surface area contributed by atoms with Gasteiger partial charge in [-0.15, -0.1) is 11.3 Å². The molecule has 3 aromatic heterocycles. The maximum atomic E-state index is 12.5. The van der Waals surface area contributed by atoms with Crippen LogP contribution in [0.2, 0.25) is 0 Å². The van der Waals surface area contributed by atoms with Gasteiger partial charge < -0.3 is 10.4 Å². The van der Waals surface area contributed by atoms with Crippen molar-refractivity contribution in [2.75, 3.05) is 6.61 Å². The first kappa shape index (κ1) is 15.6. The number of nitrogens with zero attached hydrogens (tertiary/aromatic N) is 3. The Morgan fingerprint density at radius 3 is 2.96 bits per heavy atom. The second-order valence-corrected chi connectivity index (χ2v) is 6.22. The molecule has 0 aliphatic rings. The van der Waals surface area contributed by atoms with E-state index in [1.54, 1.807) is 16.8 Å². The molecular formula is C16H18N4O2S. The SMILES string of the molecule is Cc1nc2sccn2c1C(=O)NC(CO)CCc1ccncc1. The summed E-state index contributed by atoms with van der Waals surface area (Å²) in [5.74, 6) is -0.206. The van der Waals surface area contributed by atoms with E-state index in [0.29, 0.717) is 17.8 Å². The summed E-state index contributed by atoms with van der Waals surface area (Å²) in [4.78, 5) is 21.7. The molecule has 0 fully saturated rings. The van der Waals surface area contributed by atoms with E-state index >= 15 is 0 Å². The molecule has 0 spiro atoms. The van der Waals surface area contributed by atoms with Crippen molar-refractivity contribution in [2.45, 2.75) is 25.8 Å². The zero-order chi connectivity index (χ0) is 16.2. The number of carbonyl (C=O) groups excluding carboxylic acids is 1. The first-order valence-corrected chi connectivity index (χ1v) is 8.29. The summed E-state index contributed by atoms with van der Waals surface area (Å²) in [7, 11) is 0. The van der Waals surface area contributed by atoms with Gasteiger partial charge in [0.05, 0.1) is 18.3 Å². The molecule has 0 saturated heterocycles. The number of aryl methyl sites for hydroxylation is 2. The van der Waals surface area contributed by atoms with Gasteiger partial charge in [-0.05, 0) is 37.5 Å². The Hall–Kier alpha value is -2.25. The van der Waals surface area contributed by atoms with E-state index in [1.165, 1.54) is 11.3 Å². The number of rotatable bonds is 6. The van der Waals surface area contributed by atoms with E-state index in [-0.39, 0.29) is 18.6 Å². The number of thiazole rings is 1. The third-order valence-corrected chi connectivity index (χ3v) is 4.49. The maximum absolute atomic E-state index is 12.5. The lowest BCUT2D eigenvalue weighted by Crippen LogP contribution is -2.38. The van der Waals surface area contributed by atoms with Crippen molar-refractivity contribution in [3.8, 4) is 0 Å². The van der Waals surface area contributed by atoms with E-state index in [4.69, 9.17) is 0 Å². The summed E-state index contributed by atoms with van der Waals surface area (Å²) in [6.07, 6.45) is 6.75. The van der Waals surface area contributed by atoms with Crippen molar-refractivity contribution in [1.82, 2.24) is 19.7 Å². The molecule has 2 N–H and O–H groups in total. The second kappa shape index (κ2) is 6.89. The number of carbonyl (C=O) groups is 1. The monoisotopic (exact) mass is 330 g/mol. The summed E-state index contributed by atoms with van der Waals surface area (Å²) in [6, 6.07) is 3.58. The Labute approximate surface area is 137 Å². The Kier molecular flexibility index (Phi) is 4.68. The molecule has 3 rings (SSSR count). The lowest BCUT2D eigenvalue weighted by molar-refractivity contribution is 0.0906. The van der Waals surface area contributed by atoms with Gasteiger partial charge in [-0.1, -0.05) is 0 Å². The molecule has 0 aliphatic carbocycles. The number of aromatic nitrogens is 3. The molecule has 0 bridgehead atoms. The van der Waals surface area contributed by atoms with E-state index in [2.05, 4.69) is 15.3 Å². The molecule has 7 heteroatoms. The van der Waals surface area contributed by atoms with Gasteiger partial charge in [-0.3, -0.25) is 14.2 Å². The molecule has 0 saturated carbocycles. The van der Waals surface area contributed by atoms with Crippen LogP contribution in [0, 0.1) is 6.92 Å². The van der Waals surface area contributed by atoms with Crippen LogP contribution in [0.4, 0.5) is 0 Å². The largest absolute Gasteiger partial charge is 0.394 e. The number of hydrogen-bond donors (Lipinski definition) is 2. The minimum absolute atomic E-state index is 0.0958. The van der Waals surface area contributed by atoms with Gasteiger partial charge in [0.25, 0.3) is 5.91 Å². The van der Waals surface area contributed by atoms with E-state index < -0.39 is 0 Å². The van der Waals surface area contributed by atoms with Crippen molar-refractivity contribution in [3.05, 3.63) is 53.1 Å². The molecule has 3 aromatic rings. The number of aliphatic hydroxyl groups is 1. The van der Waals surface area contributed by atoms with Crippen LogP contribution in [-0.2, 0) is 6.42 Å². The summed E-state index contributed by atoms with van der Waals surface area (Å²) < 4.78 is 1.78. The van der Waals surface area contributed by atoms with E-state index in [0.717, 1.165) is 16.9 Å². The Morgan fingerprint density at radius 2 is 2.22 bits per heavy atom. The van der Waals surface area contributed by atoms with Crippen molar-refractivity contribution >= 4 is 22.2 Å². The first-order valence-electron chi connectivity index (χ1n) is 7.42. The average molecular weight is 330 g/mol. The van der Waals surface area contributed by atoms with Crippen molar-refractivity contribution < 1.29 is 9.90 Å². The molecule has 3 heterocycles. The quantitative estimate of drug-likeness (QED) is 0.722. The maximum Gasteiger partial charge on any atom is 0.270 e. The standard InChI is InChI=1S/C16H18N4O2S/c1-11-14(20-8-9-23-16(20)18-11)15(22)19-13(10-21)3-2-12-4-6-17-7-5-12/h4-9,13,21H,2-3,10H2,1H3,(H,19,22). The molecule has 0 aromatic carbocycles. The van der Waals surface area contributed by atoms with Gasteiger partial charge in [0, 0.05) is 24.0 Å². The fraction of sp³-hybridized carbons (Fsp3) is 0.312. The Bertz CT molecular complexity index is 797. The number of aliphatic hydroxyl groups excluding tert-OH is 1. The van der Waals surface area contributed by atoms with Gasteiger partial charge in [-0.2, -0.15) is 0 Å². The molecule has 23 heavy (non-hydrogen) atoms. The molecule has 1 atom stereocenters. The van der Waals surface area contributed by atoms with Gasteiger partial charge in [-0.25, -0.2) is 4.98 Å². The molecule has 0 radical (unpaired) electrons. The summed E-state index contributed by atoms with van der Waals surface area (Å²) in [5.41, 5.74) is 2.36. The first-order chi connectivity index (χ1) is 11.2. The Balaban J connectivity index is 1.67. The smallest absolute Gasteiger partial charge is 0.270 e. The molecular weight excluding hydrogens is 312 g/mol. The Morgan fingerprint density at radius 1 is 1.43 bits per heavy atom. The number of nitrogens with one attached hydrogen (secondary N) is 1. The van der Waals surface area contributed by atoms with Crippen LogP contribution in [0.25, 0.3) is 4.96 Å².